The summed E-state index contributed by atoms with van der Waals surface area (Å²) in [4.78, 5) is 28.5. The molecule has 2 aliphatic rings. The van der Waals surface area contributed by atoms with Crippen LogP contribution in [0.3, 0.4) is 0 Å². The van der Waals surface area contributed by atoms with Crippen LogP contribution in [0.4, 0.5) is 16.2 Å². The van der Waals surface area contributed by atoms with Gasteiger partial charge in [0.25, 0.3) is 5.56 Å². The molecular formula is C29H31N5O3. The van der Waals surface area contributed by atoms with Crippen molar-refractivity contribution >= 4 is 28.3 Å². The highest BCUT2D eigenvalue weighted by Gasteiger charge is 2.35. The van der Waals surface area contributed by atoms with Crippen LogP contribution in [0.25, 0.3) is 10.9 Å². The van der Waals surface area contributed by atoms with Crippen LogP contribution in [0.5, 0.6) is 5.75 Å². The summed E-state index contributed by atoms with van der Waals surface area (Å²) < 4.78 is 9.36. The van der Waals surface area contributed by atoms with Crippen LogP contribution in [0.2, 0.25) is 0 Å². The number of ether oxygens (including phenoxy) is 1. The molecule has 1 fully saturated rings. The molecular weight excluding hydrogens is 466 g/mol. The fraction of sp³-hybridized carbons (Fsp3) is 0.310. The SMILES string of the molecule is COc1ccccc1NC(=O)Nc1ccc2n(c1=O)C[C@@H]1C[C@@H]2CN(Cc2cn(C)c3ccccc23)C1. The Morgan fingerprint density at radius 1 is 0.973 bits per heavy atom. The van der Waals surface area contributed by atoms with Crippen molar-refractivity contribution in [2.24, 2.45) is 13.0 Å². The van der Waals surface area contributed by atoms with Gasteiger partial charge >= 0.3 is 6.03 Å². The van der Waals surface area contributed by atoms with E-state index in [-0.39, 0.29) is 11.2 Å². The number of fused-ring (bicyclic) bond motifs is 5. The number of hydrogen-bond donors (Lipinski definition) is 2. The number of carbonyl (C=O) groups excluding carboxylic acids is 1. The summed E-state index contributed by atoms with van der Waals surface area (Å²) in [5, 5.41) is 6.81. The van der Waals surface area contributed by atoms with Crippen LogP contribution in [0.1, 0.15) is 23.6 Å². The molecule has 2 amide bonds. The number of piperidine rings is 1. The Bertz CT molecular complexity index is 1540. The second kappa shape index (κ2) is 9.44. The molecule has 6 rings (SSSR count). The third kappa shape index (κ3) is 4.38. The monoisotopic (exact) mass is 497 g/mol. The average Bonchev–Trinajstić information content (AvgIpc) is 3.21. The van der Waals surface area contributed by atoms with Gasteiger partial charge in [0.1, 0.15) is 11.4 Å². The lowest BCUT2D eigenvalue weighted by Gasteiger charge is -2.43. The number of hydrogen-bond acceptors (Lipinski definition) is 4. The number of benzene rings is 2. The fourth-order valence-electron chi connectivity index (χ4n) is 6.09. The summed E-state index contributed by atoms with van der Waals surface area (Å²) in [5.74, 6) is 1.25. The molecule has 0 radical (unpaired) electrons. The van der Waals surface area contributed by atoms with Gasteiger partial charge in [-0.2, -0.15) is 0 Å². The Kier molecular flexibility index (Phi) is 5.96. The smallest absolute Gasteiger partial charge is 0.323 e. The van der Waals surface area contributed by atoms with E-state index in [9.17, 15) is 9.59 Å². The first-order chi connectivity index (χ1) is 18.0. The standard InChI is InChI=1S/C29H31N5O3/c1-32-16-21(22-7-3-5-9-26(22)32)18-33-14-19-13-20(17-33)25-12-11-24(28(35)34(25)15-19)31-29(36)30-23-8-4-6-10-27(23)37-2/h3-12,16,19-20H,13-15,17-18H2,1-2H3,(H2,30,31,36)/t19-,20-/m1/s1. The normalized spacial score (nSPS) is 18.9. The van der Waals surface area contributed by atoms with Crippen LogP contribution in [0.15, 0.2) is 71.7 Å². The maximum Gasteiger partial charge on any atom is 0.323 e. The summed E-state index contributed by atoms with van der Waals surface area (Å²) in [7, 11) is 3.65. The lowest BCUT2D eigenvalue weighted by atomic mass is 9.83. The van der Waals surface area contributed by atoms with E-state index in [0.717, 1.165) is 31.7 Å². The van der Waals surface area contributed by atoms with Gasteiger partial charge in [0.05, 0.1) is 12.8 Å². The topological polar surface area (TPSA) is 80.5 Å². The molecule has 0 unspecified atom stereocenters. The average molecular weight is 498 g/mol. The second-order valence-corrected chi connectivity index (χ2v) is 10.1. The predicted molar refractivity (Wildman–Crippen MR) is 145 cm³/mol. The van der Waals surface area contributed by atoms with Gasteiger partial charge < -0.3 is 24.5 Å². The zero-order valence-corrected chi connectivity index (χ0v) is 21.1. The number of para-hydroxylation sites is 3. The molecule has 2 bridgehead atoms. The van der Waals surface area contributed by atoms with Crippen molar-refractivity contribution in [2.45, 2.75) is 25.4 Å². The van der Waals surface area contributed by atoms with Crippen LogP contribution in [0, 0.1) is 5.92 Å². The van der Waals surface area contributed by atoms with Gasteiger partial charge in [0, 0.05) is 61.9 Å². The van der Waals surface area contributed by atoms with Crippen LogP contribution < -0.4 is 20.9 Å². The van der Waals surface area contributed by atoms with Crippen molar-refractivity contribution in [1.29, 1.82) is 0 Å². The van der Waals surface area contributed by atoms with Crippen molar-refractivity contribution in [1.82, 2.24) is 14.0 Å². The van der Waals surface area contributed by atoms with Gasteiger partial charge in [-0.25, -0.2) is 4.79 Å². The van der Waals surface area contributed by atoms with Crippen molar-refractivity contribution in [3.8, 4) is 5.75 Å². The number of likely N-dealkylation sites (tertiary alicyclic amines) is 1. The molecule has 2 aromatic heterocycles. The first-order valence-corrected chi connectivity index (χ1v) is 12.7. The lowest BCUT2D eigenvalue weighted by molar-refractivity contribution is 0.115. The van der Waals surface area contributed by atoms with Gasteiger partial charge in [-0.1, -0.05) is 30.3 Å². The maximum absolute atomic E-state index is 13.4. The van der Waals surface area contributed by atoms with Crippen LogP contribution in [-0.2, 0) is 20.1 Å². The van der Waals surface area contributed by atoms with Gasteiger partial charge in [-0.05, 0) is 48.2 Å². The first kappa shape index (κ1) is 23.4. The molecule has 0 aliphatic carbocycles. The molecule has 0 spiro atoms. The summed E-state index contributed by atoms with van der Waals surface area (Å²) in [6.45, 7) is 3.44. The van der Waals surface area contributed by atoms with E-state index in [1.54, 1.807) is 25.3 Å². The number of anilines is 2. The molecule has 8 nitrogen and oxygen atoms in total. The number of nitrogens with zero attached hydrogens (tertiary/aromatic N) is 3. The number of urea groups is 1. The third-order valence-electron chi connectivity index (χ3n) is 7.66. The molecule has 4 heterocycles. The van der Waals surface area contributed by atoms with Gasteiger partial charge in [-0.15, -0.1) is 0 Å². The van der Waals surface area contributed by atoms with Crippen molar-refractivity contribution in [3.63, 3.8) is 0 Å². The number of methoxy groups -OCH3 is 1. The van der Waals surface area contributed by atoms with E-state index in [4.69, 9.17) is 4.74 Å². The molecule has 2 aromatic carbocycles. The van der Waals surface area contributed by atoms with E-state index in [1.807, 2.05) is 22.8 Å². The number of carbonyl (C=O) groups is 1. The number of amides is 2. The van der Waals surface area contributed by atoms with Crippen LogP contribution in [-0.4, -0.2) is 40.3 Å². The van der Waals surface area contributed by atoms with E-state index in [1.165, 1.54) is 16.5 Å². The Hall–Kier alpha value is -4.04. The highest BCUT2D eigenvalue weighted by molar-refractivity contribution is 6.00. The minimum absolute atomic E-state index is 0.148. The summed E-state index contributed by atoms with van der Waals surface area (Å²) in [6, 6.07) is 19.0. The van der Waals surface area contributed by atoms with Crippen molar-refractivity contribution in [3.05, 3.63) is 88.5 Å². The molecule has 2 N–H and O–H groups in total. The quantitative estimate of drug-likeness (QED) is 0.422. The number of aryl methyl sites for hydroxylation is 1. The first-order valence-electron chi connectivity index (χ1n) is 12.7. The molecule has 0 saturated carbocycles. The number of pyridine rings is 1. The largest absolute Gasteiger partial charge is 0.495 e. The molecule has 1 saturated heterocycles. The Morgan fingerprint density at radius 2 is 1.76 bits per heavy atom. The summed E-state index contributed by atoms with van der Waals surface area (Å²) in [5.41, 5.74) is 4.33. The van der Waals surface area contributed by atoms with E-state index in [2.05, 4.69) is 57.6 Å². The highest BCUT2D eigenvalue weighted by Crippen LogP contribution is 2.36. The van der Waals surface area contributed by atoms with Gasteiger partial charge in [-0.3, -0.25) is 9.69 Å². The number of rotatable bonds is 5. The fourth-order valence-corrected chi connectivity index (χ4v) is 6.09. The zero-order chi connectivity index (χ0) is 25.5. The molecule has 8 heteroatoms. The number of aromatic nitrogens is 2. The lowest BCUT2D eigenvalue weighted by Crippen LogP contribution is -2.47. The van der Waals surface area contributed by atoms with Crippen molar-refractivity contribution < 1.29 is 9.53 Å². The van der Waals surface area contributed by atoms with Gasteiger partial charge in [0.15, 0.2) is 0 Å². The van der Waals surface area contributed by atoms with E-state index < -0.39 is 6.03 Å². The summed E-state index contributed by atoms with van der Waals surface area (Å²) >= 11 is 0. The van der Waals surface area contributed by atoms with Gasteiger partial charge in [0.2, 0.25) is 0 Å². The number of nitrogens with one attached hydrogen (secondary N) is 2. The van der Waals surface area contributed by atoms with E-state index >= 15 is 0 Å². The van der Waals surface area contributed by atoms with E-state index in [0.29, 0.717) is 29.8 Å². The van der Waals surface area contributed by atoms with Crippen molar-refractivity contribution in [2.75, 3.05) is 30.8 Å². The molecule has 2 atom stereocenters. The molecule has 4 aromatic rings. The minimum Gasteiger partial charge on any atom is -0.495 e. The maximum atomic E-state index is 13.4. The second-order valence-electron chi connectivity index (χ2n) is 10.1. The Labute approximate surface area is 215 Å². The zero-order valence-electron chi connectivity index (χ0n) is 21.1. The molecule has 190 valence electrons. The Balaban J connectivity index is 1.19. The Morgan fingerprint density at radius 3 is 2.62 bits per heavy atom. The minimum atomic E-state index is -0.473. The predicted octanol–water partition coefficient (Wildman–Crippen LogP) is 4.61. The summed E-state index contributed by atoms with van der Waals surface area (Å²) in [6.07, 6.45) is 3.33. The van der Waals surface area contributed by atoms with Crippen LogP contribution >= 0.6 is 0 Å². The highest BCUT2D eigenvalue weighted by atomic mass is 16.5. The molecule has 2 aliphatic heterocycles. The molecule has 37 heavy (non-hydrogen) atoms. The third-order valence-corrected chi connectivity index (χ3v) is 7.66.